The summed E-state index contributed by atoms with van der Waals surface area (Å²) in [7, 11) is -2.00. The van der Waals surface area contributed by atoms with Crippen LogP contribution in [0.15, 0.2) is 17.0 Å². The number of halogens is 2. The zero-order valence-corrected chi connectivity index (χ0v) is 12.2. The Kier molecular flexibility index (Phi) is 3.90. The highest BCUT2D eigenvalue weighted by Crippen LogP contribution is 2.34. The first-order valence-electron chi connectivity index (χ1n) is 5.54. The smallest absolute Gasteiger partial charge is 0.244 e. The molecule has 1 aliphatic rings. The second-order valence-corrected chi connectivity index (χ2v) is 7.11. The molecule has 0 radical (unpaired) electrons. The van der Waals surface area contributed by atoms with Crippen LogP contribution in [0, 0.1) is 0 Å². The molecule has 100 valence electrons. The van der Waals surface area contributed by atoms with Gasteiger partial charge in [-0.05, 0) is 30.5 Å². The Morgan fingerprint density at radius 2 is 1.94 bits per heavy atom. The second kappa shape index (κ2) is 4.98. The van der Waals surface area contributed by atoms with E-state index in [1.807, 2.05) is 0 Å². The van der Waals surface area contributed by atoms with Gasteiger partial charge >= 0.3 is 0 Å². The third-order valence-electron chi connectivity index (χ3n) is 3.04. The van der Waals surface area contributed by atoms with Gasteiger partial charge in [-0.25, -0.2) is 8.42 Å². The predicted octanol–water partition coefficient (Wildman–Crippen LogP) is 2.24. The zero-order valence-electron chi connectivity index (χ0n) is 9.86. The Hall–Kier alpha value is -0.330. The van der Waals surface area contributed by atoms with Crippen LogP contribution in [-0.2, 0) is 16.6 Å². The van der Waals surface area contributed by atoms with E-state index in [9.17, 15) is 8.42 Å². The maximum Gasteiger partial charge on any atom is 0.244 e. The molecule has 0 heterocycles. The largest absolute Gasteiger partial charge is 0.326 e. The third-order valence-corrected chi connectivity index (χ3v) is 5.77. The molecule has 0 aliphatic heterocycles. The summed E-state index contributed by atoms with van der Waals surface area (Å²) in [5.74, 6) is 0. The van der Waals surface area contributed by atoms with Gasteiger partial charge in [0, 0.05) is 24.7 Å². The summed E-state index contributed by atoms with van der Waals surface area (Å²) in [5, 5.41) is 0.514. The molecule has 7 heteroatoms. The van der Waals surface area contributed by atoms with Crippen LogP contribution in [-0.4, -0.2) is 25.8 Å². The molecular formula is C11H14Cl2N2O2S. The van der Waals surface area contributed by atoms with Crippen molar-refractivity contribution in [2.75, 3.05) is 7.05 Å². The van der Waals surface area contributed by atoms with Crippen LogP contribution in [0.3, 0.4) is 0 Å². The summed E-state index contributed by atoms with van der Waals surface area (Å²) < 4.78 is 26.1. The fourth-order valence-electron chi connectivity index (χ4n) is 1.71. The van der Waals surface area contributed by atoms with Gasteiger partial charge in [0.05, 0.1) is 5.02 Å². The molecule has 1 aliphatic carbocycles. The van der Waals surface area contributed by atoms with E-state index in [0.717, 1.165) is 12.8 Å². The van der Waals surface area contributed by atoms with Gasteiger partial charge in [0.2, 0.25) is 10.0 Å². The summed E-state index contributed by atoms with van der Waals surface area (Å²) in [4.78, 5) is 0.0726. The van der Waals surface area contributed by atoms with Crippen molar-refractivity contribution < 1.29 is 8.42 Å². The highest BCUT2D eigenvalue weighted by Gasteiger charge is 2.36. The fraction of sp³-hybridized carbons (Fsp3) is 0.455. The van der Waals surface area contributed by atoms with Crippen molar-refractivity contribution in [2.24, 2.45) is 5.73 Å². The Labute approximate surface area is 117 Å². The van der Waals surface area contributed by atoms with Gasteiger partial charge in [-0.15, -0.1) is 0 Å². The van der Waals surface area contributed by atoms with Crippen molar-refractivity contribution in [1.82, 2.24) is 4.31 Å². The summed E-state index contributed by atoms with van der Waals surface area (Å²) in [6.45, 7) is 0.172. The fourth-order valence-corrected chi connectivity index (χ4v) is 3.98. The van der Waals surface area contributed by atoms with Crippen molar-refractivity contribution in [3.05, 3.63) is 27.7 Å². The normalized spacial score (nSPS) is 16.3. The number of benzene rings is 1. The molecule has 0 bridgehead atoms. The molecule has 2 rings (SSSR count). The average Bonchev–Trinajstić information content (AvgIpc) is 3.11. The van der Waals surface area contributed by atoms with Crippen molar-refractivity contribution >= 4 is 33.2 Å². The number of sulfonamides is 1. The van der Waals surface area contributed by atoms with Crippen molar-refractivity contribution in [3.8, 4) is 0 Å². The van der Waals surface area contributed by atoms with E-state index in [0.29, 0.717) is 10.6 Å². The summed E-state index contributed by atoms with van der Waals surface area (Å²) in [6, 6.07) is 2.97. The Balaban J connectivity index is 2.49. The Bertz CT molecular complexity index is 571. The Morgan fingerprint density at radius 3 is 2.44 bits per heavy atom. The van der Waals surface area contributed by atoms with Gasteiger partial charge in [-0.1, -0.05) is 23.2 Å². The zero-order chi connectivity index (χ0) is 13.5. The minimum Gasteiger partial charge on any atom is -0.326 e. The molecule has 1 aromatic carbocycles. The van der Waals surface area contributed by atoms with Crippen molar-refractivity contribution in [2.45, 2.75) is 30.3 Å². The van der Waals surface area contributed by atoms with E-state index in [1.54, 1.807) is 7.05 Å². The second-order valence-electron chi connectivity index (χ2n) is 4.33. The van der Waals surface area contributed by atoms with Crippen LogP contribution in [0.5, 0.6) is 0 Å². The molecule has 0 aromatic heterocycles. The molecule has 18 heavy (non-hydrogen) atoms. The number of hydrogen-bond donors (Lipinski definition) is 1. The third kappa shape index (κ3) is 2.51. The van der Waals surface area contributed by atoms with Gasteiger partial charge in [0.25, 0.3) is 0 Å². The first-order chi connectivity index (χ1) is 8.37. The van der Waals surface area contributed by atoms with Crippen LogP contribution >= 0.6 is 23.2 Å². The van der Waals surface area contributed by atoms with E-state index >= 15 is 0 Å². The minimum atomic E-state index is -3.57. The van der Waals surface area contributed by atoms with Gasteiger partial charge in [-0.3, -0.25) is 0 Å². The van der Waals surface area contributed by atoms with Gasteiger partial charge in [0.1, 0.15) is 4.90 Å². The molecule has 4 nitrogen and oxygen atoms in total. The number of nitrogens with zero attached hydrogens (tertiary/aromatic N) is 1. The summed E-state index contributed by atoms with van der Waals surface area (Å²) in [6.07, 6.45) is 1.79. The van der Waals surface area contributed by atoms with Crippen LogP contribution in [0.2, 0.25) is 10.0 Å². The van der Waals surface area contributed by atoms with Gasteiger partial charge in [-0.2, -0.15) is 4.31 Å². The van der Waals surface area contributed by atoms with Gasteiger partial charge < -0.3 is 5.73 Å². The molecule has 1 fully saturated rings. The Morgan fingerprint density at radius 1 is 1.33 bits per heavy atom. The van der Waals surface area contributed by atoms with Gasteiger partial charge in [0.15, 0.2) is 0 Å². The number of rotatable bonds is 4. The van der Waals surface area contributed by atoms with E-state index in [4.69, 9.17) is 28.9 Å². The lowest BCUT2D eigenvalue weighted by atomic mass is 10.2. The standard InChI is InChI=1S/C11H14Cl2N2O2S/c1-15(8-2-3-8)18(16,17)11-4-7(6-14)9(12)5-10(11)13/h4-5,8H,2-3,6,14H2,1H3. The van der Waals surface area contributed by atoms with Crippen LogP contribution in [0.1, 0.15) is 18.4 Å². The lowest BCUT2D eigenvalue weighted by Crippen LogP contribution is -2.29. The number of hydrogen-bond acceptors (Lipinski definition) is 3. The maximum absolute atomic E-state index is 12.4. The monoisotopic (exact) mass is 308 g/mol. The first kappa shape index (κ1) is 14.1. The molecule has 0 saturated heterocycles. The minimum absolute atomic E-state index is 0.0726. The van der Waals surface area contributed by atoms with Crippen molar-refractivity contribution in [3.63, 3.8) is 0 Å². The molecule has 0 unspecified atom stereocenters. The van der Waals surface area contributed by atoms with Crippen LogP contribution < -0.4 is 5.73 Å². The van der Waals surface area contributed by atoms with Crippen LogP contribution in [0.25, 0.3) is 0 Å². The number of nitrogens with two attached hydrogens (primary N) is 1. The SMILES string of the molecule is CN(C1CC1)S(=O)(=O)c1cc(CN)c(Cl)cc1Cl. The average molecular weight is 309 g/mol. The van der Waals surface area contributed by atoms with E-state index in [-0.39, 0.29) is 22.5 Å². The highest BCUT2D eigenvalue weighted by molar-refractivity contribution is 7.89. The molecule has 0 spiro atoms. The molecule has 0 atom stereocenters. The van der Waals surface area contributed by atoms with Crippen LogP contribution in [0.4, 0.5) is 0 Å². The van der Waals surface area contributed by atoms with E-state index < -0.39 is 10.0 Å². The highest BCUT2D eigenvalue weighted by atomic mass is 35.5. The van der Waals surface area contributed by atoms with Crippen molar-refractivity contribution in [1.29, 1.82) is 0 Å². The molecule has 2 N–H and O–H groups in total. The maximum atomic E-state index is 12.4. The lowest BCUT2D eigenvalue weighted by Gasteiger charge is -2.18. The summed E-state index contributed by atoms with van der Waals surface area (Å²) in [5.41, 5.74) is 6.10. The van der Waals surface area contributed by atoms with E-state index in [2.05, 4.69) is 0 Å². The molecule has 1 saturated carbocycles. The lowest BCUT2D eigenvalue weighted by molar-refractivity contribution is 0.464. The predicted molar refractivity (Wildman–Crippen MR) is 72.3 cm³/mol. The quantitative estimate of drug-likeness (QED) is 0.927. The first-order valence-corrected chi connectivity index (χ1v) is 7.73. The topological polar surface area (TPSA) is 63.4 Å². The molecule has 0 amide bonds. The molecule has 1 aromatic rings. The van der Waals surface area contributed by atoms with E-state index in [1.165, 1.54) is 16.4 Å². The molecular weight excluding hydrogens is 295 g/mol. The summed E-state index contributed by atoms with van der Waals surface area (Å²) >= 11 is 11.9.